The highest BCUT2D eigenvalue weighted by atomic mass is 16.6. The third-order valence-corrected chi connectivity index (χ3v) is 7.38. The van der Waals surface area contributed by atoms with E-state index < -0.39 is 5.97 Å². The normalized spacial score (nSPS) is 20.5. The summed E-state index contributed by atoms with van der Waals surface area (Å²) in [6.45, 7) is 2.63. The molecule has 1 heterocycles. The number of amides is 1. The second kappa shape index (κ2) is 11.6. The number of nitrogens with zero attached hydrogens (tertiary/aromatic N) is 2. The number of hydrogen-bond acceptors (Lipinski definition) is 6. The molecule has 0 bridgehead atoms. The van der Waals surface area contributed by atoms with Crippen molar-refractivity contribution in [1.29, 1.82) is 0 Å². The Hall–Kier alpha value is -3.03. The van der Waals surface area contributed by atoms with Gasteiger partial charge in [0.05, 0.1) is 23.3 Å². The number of hydrogen-bond donors (Lipinski definition) is 1. The van der Waals surface area contributed by atoms with E-state index in [1.807, 2.05) is 31.2 Å². The Morgan fingerprint density at radius 1 is 1.11 bits per heavy atom. The minimum absolute atomic E-state index is 0.0914. The Balaban J connectivity index is 1.32. The SMILES string of the molecule is Cc1noc(-c2ccc(O[C@@H]3CCC[C@@H](C(=O)O)C3)cc2)c1COC(=O)N(C)CCC1CCCC1. The van der Waals surface area contributed by atoms with E-state index in [0.29, 0.717) is 36.6 Å². The van der Waals surface area contributed by atoms with Gasteiger partial charge in [-0.2, -0.15) is 0 Å². The van der Waals surface area contributed by atoms with E-state index in [0.717, 1.165) is 36.3 Å². The minimum atomic E-state index is -0.748. The van der Waals surface area contributed by atoms with Crippen molar-refractivity contribution in [3.8, 4) is 17.1 Å². The van der Waals surface area contributed by atoms with Gasteiger partial charge in [-0.1, -0.05) is 30.8 Å². The molecule has 0 saturated heterocycles. The molecule has 190 valence electrons. The Kier molecular flexibility index (Phi) is 8.31. The summed E-state index contributed by atoms with van der Waals surface area (Å²) in [4.78, 5) is 25.4. The summed E-state index contributed by atoms with van der Waals surface area (Å²) in [5, 5.41) is 13.4. The van der Waals surface area contributed by atoms with Gasteiger partial charge in [0, 0.05) is 19.2 Å². The molecular weight excluding hydrogens is 448 g/mol. The maximum atomic E-state index is 12.5. The van der Waals surface area contributed by atoms with Gasteiger partial charge in [-0.3, -0.25) is 4.79 Å². The van der Waals surface area contributed by atoms with E-state index in [-0.39, 0.29) is 24.7 Å². The van der Waals surface area contributed by atoms with Crippen LogP contribution in [0.2, 0.25) is 0 Å². The smallest absolute Gasteiger partial charge is 0.409 e. The molecular formula is C27H36N2O6. The van der Waals surface area contributed by atoms with Gasteiger partial charge >= 0.3 is 12.1 Å². The molecule has 0 unspecified atom stereocenters. The van der Waals surface area contributed by atoms with Crippen LogP contribution < -0.4 is 4.74 Å². The van der Waals surface area contributed by atoms with Crippen LogP contribution in [0.1, 0.15) is 69.0 Å². The number of aromatic nitrogens is 1. The third kappa shape index (κ3) is 6.55. The number of carboxylic acids is 1. The van der Waals surface area contributed by atoms with E-state index >= 15 is 0 Å². The molecule has 1 N–H and O–H groups in total. The van der Waals surface area contributed by atoms with E-state index in [1.165, 1.54) is 25.7 Å². The molecule has 0 aliphatic heterocycles. The van der Waals surface area contributed by atoms with Crippen LogP contribution in [0.3, 0.4) is 0 Å². The summed E-state index contributed by atoms with van der Waals surface area (Å²) in [6.07, 6.45) is 8.67. The van der Waals surface area contributed by atoms with Crippen molar-refractivity contribution in [1.82, 2.24) is 10.1 Å². The summed E-state index contributed by atoms with van der Waals surface area (Å²) in [5.74, 6) is 0.901. The second-order valence-corrected chi connectivity index (χ2v) is 9.96. The number of carbonyl (C=O) groups is 2. The minimum Gasteiger partial charge on any atom is -0.490 e. The summed E-state index contributed by atoms with van der Waals surface area (Å²) in [5.41, 5.74) is 2.24. The standard InChI is InChI=1S/C27H36N2O6/c1-18-24(17-33-27(32)29(2)15-14-19-6-3-4-7-19)25(35-28-18)20-10-12-22(13-11-20)34-23-9-5-8-21(16-23)26(30)31/h10-13,19,21,23H,3-9,14-17H2,1-2H3,(H,30,31)/t21-,23-/m1/s1. The van der Waals surface area contributed by atoms with Gasteiger partial charge in [0.1, 0.15) is 12.4 Å². The van der Waals surface area contributed by atoms with E-state index in [2.05, 4.69) is 5.16 Å². The Bertz CT molecular complexity index is 996. The molecule has 8 nitrogen and oxygen atoms in total. The molecule has 2 saturated carbocycles. The van der Waals surface area contributed by atoms with Gasteiger partial charge in [-0.25, -0.2) is 4.79 Å². The largest absolute Gasteiger partial charge is 0.490 e. The topological polar surface area (TPSA) is 102 Å². The van der Waals surface area contributed by atoms with Crippen LogP contribution in [0.15, 0.2) is 28.8 Å². The summed E-state index contributed by atoms with van der Waals surface area (Å²) in [7, 11) is 1.78. The van der Waals surface area contributed by atoms with Crippen LogP contribution in [0.4, 0.5) is 4.79 Å². The zero-order valence-electron chi connectivity index (χ0n) is 20.7. The van der Waals surface area contributed by atoms with Crippen molar-refractivity contribution >= 4 is 12.1 Å². The summed E-state index contributed by atoms with van der Waals surface area (Å²) < 4.78 is 17.2. The average molecular weight is 485 g/mol. The Morgan fingerprint density at radius 3 is 2.57 bits per heavy atom. The first-order valence-electron chi connectivity index (χ1n) is 12.7. The van der Waals surface area contributed by atoms with Gasteiger partial charge in [0.25, 0.3) is 0 Å². The number of ether oxygens (including phenoxy) is 2. The lowest BCUT2D eigenvalue weighted by Crippen LogP contribution is -2.29. The van der Waals surface area contributed by atoms with Crippen LogP contribution in [0.25, 0.3) is 11.3 Å². The first-order chi connectivity index (χ1) is 16.9. The zero-order chi connectivity index (χ0) is 24.8. The summed E-state index contributed by atoms with van der Waals surface area (Å²) in [6, 6.07) is 7.46. The van der Waals surface area contributed by atoms with Crippen molar-refractivity contribution in [2.45, 2.75) is 77.4 Å². The quantitative estimate of drug-likeness (QED) is 0.478. The molecule has 2 atom stereocenters. The van der Waals surface area contributed by atoms with Crippen LogP contribution in [-0.4, -0.2) is 46.9 Å². The fourth-order valence-corrected chi connectivity index (χ4v) is 5.15. The molecule has 2 aliphatic rings. The van der Waals surface area contributed by atoms with Crippen LogP contribution >= 0.6 is 0 Å². The van der Waals surface area contributed by atoms with Gasteiger partial charge in [-0.15, -0.1) is 0 Å². The molecule has 1 aromatic carbocycles. The number of benzene rings is 1. The fourth-order valence-electron chi connectivity index (χ4n) is 5.15. The van der Waals surface area contributed by atoms with E-state index in [4.69, 9.17) is 14.0 Å². The first kappa shape index (κ1) is 25.1. The third-order valence-electron chi connectivity index (χ3n) is 7.38. The molecule has 2 fully saturated rings. The number of rotatable bonds is 9. The zero-order valence-corrected chi connectivity index (χ0v) is 20.7. The number of aryl methyl sites for hydroxylation is 1. The van der Waals surface area contributed by atoms with Crippen molar-refractivity contribution in [3.63, 3.8) is 0 Å². The highest BCUT2D eigenvalue weighted by Crippen LogP contribution is 2.32. The molecule has 8 heteroatoms. The number of aliphatic carboxylic acids is 1. The van der Waals surface area contributed by atoms with Gasteiger partial charge < -0.3 is 24.0 Å². The van der Waals surface area contributed by atoms with Crippen molar-refractivity contribution in [3.05, 3.63) is 35.5 Å². The van der Waals surface area contributed by atoms with Crippen LogP contribution in [-0.2, 0) is 16.1 Å². The predicted molar refractivity (Wildman–Crippen MR) is 130 cm³/mol. The van der Waals surface area contributed by atoms with Crippen LogP contribution in [0.5, 0.6) is 5.75 Å². The van der Waals surface area contributed by atoms with Crippen molar-refractivity contribution < 1.29 is 28.7 Å². The number of carboxylic acid groups (broad SMARTS) is 1. The Labute approximate surface area is 206 Å². The van der Waals surface area contributed by atoms with Crippen molar-refractivity contribution in [2.75, 3.05) is 13.6 Å². The van der Waals surface area contributed by atoms with Gasteiger partial charge in [0.2, 0.25) is 0 Å². The van der Waals surface area contributed by atoms with E-state index in [9.17, 15) is 14.7 Å². The highest BCUT2D eigenvalue weighted by molar-refractivity contribution is 5.70. The van der Waals surface area contributed by atoms with Gasteiger partial charge in [0.15, 0.2) is 5.76 Å². The average Bonchev–Trinajstić information content (AvgIpc) is 3.51. The Morgan fingerprint density at radius 2 is 1.86 bits per heavy atom. The molecule has 35 heavy (non-hydrogen) atoms. The molecule has 0 radical (unpaired) electrons. The molecule has 0 spiro atoms. The maximum Gasteiger partial charge on any atom is 0.409 e. The summed E-state index contributed by atoms with van der Waals surface area (Å²) >= 11 is 0. The molecule has 2 aromatic rings. The predicted octanol–water partition coefficient (Wildman–Crippen LogP) is 5.82. The lowest BCUT2D eigenvalue weighted by molar-refractivity contribution is -0.143. The highest BCUT2D eigenvalue weighted by Gasteiger charge is 2.28. The lowest BCUT2D eigenvalue weighted by Gasteiger charge is -2.27. The van der Waals surface area contributed by atoms with E-state index in [1.54, 1.807) is 11.9 Å². The lowest BCUT2D eigenvalue weighted by atomic mass is 9.87. The number of carbonyl (C=O) groups excluding carboxylic acids is 1. The van der Waals surface area contributed by atoms with Crippen LogP contribution in [0, 0.1) is 18.8 Å². The van der Waals surface area contributed by atoms with Crippen molar-refractivity contribution in [2.24, 2.45) is 11.8 Å². The van der Waals surface area contributed by atoms with Gasteiger partial charge in [-0.05, 0) is 69.2 Å². The fraction of sp³-hybridized carbons (Fsp3) is 0.593. The molecule has 4 rings (SSSR count). The second-order valence-electron chi connectivity index (χ2n) is 9.96. The molecule has 1 aromatic heterocycles. The maximum absolute atomic E-state index is 12.5. The monoisotopic (exact) mass is 484 g/mol. The first-order valence-corrected chi connectivity index (χ1v) is 12.7. The molecule has 2 aliphatic carbocycles. The molecule has 1 amide bonds.